The highest BCUT2D eigenvalue weighted by Gasteiger charge is 2.33. The molecule has 4 heterocycles. The first-order chi connectivity index (χ1) is 19.4. The molecule has 0 saturated carbocycles. The number of aromatic nitrogens is 4. The maximum absolute atomic E-state index is 13.4. The van der Waals surface area contributed by atoms with E-state index in [1.165, 1.54) is 11.0 Å². The summed E-state index contributed by atoms with van der Waals surface area (Å²) in [5.41, 5.74) is 1.95. The number of nitrogens with zero attached hydrogens (tertiary/aromatic N) is 5. The highest BCUT2D eigenvalue weighted by molar-refractivity contribution is 8.02. The van der Waals surface area contributed by atoms with Crippen LogP contribution >= 0.6 is 11.3 Å². The number of likely N-dealkylation sites (tertiary alicyclic amines) is 1. The van der Waals surface area contributed by atoms with Crippen molar-refractivity contribution in [2.75, 3.05) is 36.5 Å². The summed E-state index contributed by atoms with van der Waals surface area (Å²) in [5, 5.41) is 7.45. The van der Waals surface area contributed by atoms with E-state index in [1.54, 1.807) is 19.2 Å². The van der Waals surface area contributed by atoms with Crippen molar-refractivity contribution in [1.82, 2.24) is 24.4 Å². The van der Waals surface area contributed by atoms with Crippen molar-refractivity contribution in [2.45, 2.75) is 42.7 Å². The van der Waals surface area contributed by atoms with Crippen molar-refractivity contribution in [2.24, 2.45) is 0 Å². The van der Waals surface area contributed by atoms with Gasteiger partial charge in [0.15, 0.2) is 0 Å². The van der Waals surface area contributed by atoms with Gasteiger partial charge in [-0.25, -0.2) is 9.97 Å². The number of piperidine rings is 1. The van der Waals surface area contributed by atoms with Crippen molar-refractivity contribution in [3.63, 3.8) is 0 Å². The molecule has 3 aromatic heterocycles. The zero-order chi connectivity index (χ0) is 29.4. The standard InChI is InChI=1S/C27H30F3N7O2S2/c1-4-37-23-17(12-21(25(37)38)24-31-14-22(40-24)41(3,39)16-27(28,29)30)13-32-26(35-23)34-19-9-7-18(8-10-19)33-20-6-5-11-36(2)15-20/h7-10,12-14,20,33H,3-6,11,15-16H2,1-2H3,(H,32,34,35). The summed E-state index contributed by atoms with van der Waals surface area (Å²) >= 11 is 0.769. The minimum atomic E-state index is -4.64. The minimum Gasteiger partial charge on any atom is -0.381 e. The van der Waals surface area contributed by atoms with Gasteiger partial charge < -0.3 is 15.5 Å². The summed E-state index contributed by atoms with van der Waals surface area (Å²) in [5.74, 6) is 2.03. The van der Waals surface area contributed by atoms with Crippen LogP contribution in [0.5, 0.6) is 0 Å². The predicted molar refractivity (Wildman–Crippen MR) is 159 cm³/mol. The molecule has 2 N–H and O–H groups in total. The van der Waals surface area contributed by atoms with E-state index < -0.39 is 27.0 Å². The number of halogens is 3. The monoisotopic (exact) mass is 605 g/mol. The number of pyridine rings is 1. The fourth-order valence-electron chi connectivity index (χ4n) is 4.86. The maximum atomic E-state index is 13.4. The number of fused-ring (bicyclic) bond motifs is 1. The number of likely N-dealkylation sites (N-methyl/N-ethyl adjacent to an activating group) is 1. The molecule has 1 fully saturated rings. The highest BCUT2D eigenvalue weighted by Crippen LogP contribution is 2.31. The van der Waals surface area contributed by atoms with E-state index in [2.05, 4.69) is 43.4 Å². The van der Waals surface area contributed by atoms with Gasteiger partial charge in [0.25, 0.3) is 5.56 Å². The van der Waals surface area contributed by atoms with Crippen molar-refractivity contribution < 1.29 is 17.4 Å². The number of thiazole rings is 1. The third-order valence-electron chi connectivity index (χ3n) is 6.76. The molecule has 41 heavy (non-hydrogen) atoms. The van der Waals surface area contributed by atoms with Gasteiger partial charge in [0.05, 0.1) is 11.8 Å². The molecule has 4 aromatic rings. The van der Waals surface area contributed by atoms with Crippen LogP contribution < -0.4 is 16.2 Å². The van der Waals surface area contributed by atoms with E-state index >= 15 is 0 Å². The van der Waals surface area contributed by atoms with E-state index in [1.807, 2.05) is 24.3 Å². The Kier molecular flexibility index (Phi) is 8.08. The molecule has 0 aliphatic carbocycles. The summed E-state index contributed by atoms with van der Waals surface area (Å²) in [4.78, 5) is 28.8. The average molecular weight is 606 g/mol. The molecule has 1 aliphatic heterocycles. The van der Waals surface area contributed by atoms with Crippen LogP contribution in [0.1, 0.15) is 19.8 Å². The first-order valence-corrected chi connectivity index (χ1v) is 15.7. The van der Waals surface area contributed by atoms with Gasteiger partial charge in [0.1, 0.15) is 20.6 Å². The van der Waals surface area contributed by atoms with Crippen LogP contribution in [0.2, 0.25) is 0 Å². The molecule has 0 bridgehead atoms. The summed E-state index contributed by atoms with van der Waals surface area (Å²) < 4.78 is 52.6. The van der Waals surface area contributed by atoms with Crippen molar-refractivity contribution in [1.29, 1.82) is 0 Å². The molecular formula is C27H30F3N7O2S2. The Hall–Kier alpha value is -3.49. The van der Waals surface area contributed by atoms with Gasteiger partial charge in [-0.1, -0.05) is 0 Å². The summed E-state index contributed by atoms with van der Waals surface area (Å²) in [6.07, 6.45) is 0.322. The number of benzene rings is 1. The van der Waals surface area contributed by atoms with Gasteiger partial charge in [-0.15, -0.1) is 11.3 Å². The number of alkyl halides is 3. The third-order valence-corrected chi connectivity index (χ3v) is 10.4. The number of hydrogen-bond acceptors (Lipinski definition) is 9. The van der Waals surface area contributed by atoms with E-state index in [4.69, 9.17) is 0 Å². The Balaban J connectivity index is 1.38. The molecule has 14 heteroatoms. The molecule has 0 spiro atoms. The lowest BCUT2D eigenvalue weighted by Gasteiger charge is -2.30. The topological polar surface area (TPSA) is 105 Å². The van der Waals surface area contributed by atoms with Crippen molar-refractivity contribution in [3.8, 4) is 10.6 Å². The number of anilines is 3. The fourth-order valence-corrected chi connectivity index (χ4v) is 7.45. The van der Waals surface area contributed by atoms with Crippen LogP contribution in [0, 0.1) is 0 Å². The Morgan fingerprint density at radius 2 is 1.90 bits per heavy atom. The van der Waals surface area contributed by atoms with E-state index in [-0.39, 0.29) is 21.3 Å². The van der Waals surface area contributed by atoms with Gasteiger partial charge in [0, 0.05) is 51.6 Å². The molecule has 5 rings (SSSR count). The van der Waals surface area contributed by atoms with Crippen LogP contribution in [-0.2, 0) is 16.1 Å². The van der Waals surface area contributed by atoms with Crippen LogP contribution in [0.3, 0.4) is 0 Å². The Morgan fingerprint density at radius 3 is 2.59 bits per heavy atom. The Morgan fingerprint density at radius 1 is 1.17 bits per heavy atom. The number of nitrogens with one attached hydrogen (secondary N) is 2. The van der Waals surface area contributed by atoms with Gasteiger partial charge in [-0.3, -0.25) is 13.6 Å². The van der Waals surface area contributed by atoms with Crippen LogP contribution in [0.4, 0.5) is 30.5 Å². The molecular weight excluding hydrogens is 575 g/mol. The Bertz CT molecular complexity index is 1720. The summed E-state index contributed by atoms with van der Waals surface area (Å²) in [6, 6.07) is 9.80. The minimum absolute atomic E-state index is 0.115. The zero-order valence-corrected chi connectivity index (χ0v) is 24.2. The third kappa shape index (κ3) is 6.71. The van der Waals surface area contributed by atoms with Crippen molar-refractivity contribution in [3.05, 3.63) is 53.1 Å². The van der Waals surface area contributed by atoms with Gasteiger partial charge in [-0.05, 0) is 69.6 Å². The van der Waals surface area contributed by atoms with Gasteiger partial charge >= 0.3 is 6.18 Å². The van der Waals surface area contributed by atoms with E-state index in [9.17, 15) is 22.2 Å². The molecule has 1 aromatic carbocycles. The normalized spacial score (nSPS) is 17.8. The fraction of sp³-hybridized carbons (Fsp3) is 0.370. The average Bonchev–Trinajstić information content (AvgIpc) is 3.40. The number of rotatable bonds is 8. The molecule has 1 aliphatic rings. The highest BCUT2D eigenvalue weighted by atomic mass is 32.2. The maximum Gasteiger partial charge on any atom is 0.400 e. The molecule has 2 unspecified atom stereocenters. The summed E-state index contributed by atoms with van der Waals surface area (Å²) in [6.45, 7) is 4.20. The first-order valence-electron chi connectivity index (χ1n) is 13.0. The molecule has 9 nitrogen and oxygen atoms in total. The lowest BCUT2D eigenvalue weighted by atomic mass is 10.1. The lowest BCUT2D eigenvalue weighted by Crippen LogP contribution is -2.39. The van der Waals surface area contributed by atoms with Crippen molar-refractivity contribution >= 4 is 55.1 Å². The first kappa shape index (κ1) is 29.0. The Labute approximate surface area is 239 Å². The molecule has 218 valence electrons. The van der Waals surface area contributed by atoms with Crippen LogP contribution in [-0.4, -0.2) is 72.6 Å². The van der Waals surface area contributed by atoms with E-state index in [0.29, 0.717) is 23.0 Å². The number of aryl methyl sites for hydroxylation is 1. The predicted octanol–water partition coefficient (Wildman–Crippen LogP) is 4.82. The SMILES string of the molecule is C=S(=O)(CC(F)(F)F)c1cnc(-c2cc3cnc(Nc4ccc(NC5CCCN(C)C5)cc4)nc3n(CC)c2=O)s1. The zero-order valence-electron chi connectivity index (χ0n) is 22.6. The quantitative estimate of drug-likeness (QED) is 0.276. The molecule has 1 saturated heterocycles. The van der Waals surface area contributed by atoms with Gasteiger partial charge in [-0.2, -0.15) is 18.2 Å². The second kappa shape index (κ2) is 11.4. The lowest BCUT2D eigenvalue weighted by molar-refractivity contribution is -0.105. The van der Waals surface area contributed by atoms with Crippen LogP contribution in [0.15, 0.2) is 51.7 Å². The van der Waals surface area contributed by atoms with Gasteiger partial charge in [0.2, 0.25) is 5.95 Å². The second-order valence-electron chi connectivity index (χ2n) is 10.1. The second-order valence-corrected chi connectivity index (χ2v) is 13.7. The largest absolute Gasteiger partial charge is 0.400 e. The molecule has 0 amide bonds. The molecule has 2 atom stereocenters. The van der Waals surface area contributed by atoms with E-state index in [0.717, 1.165) is 48.4 Å². The molecule has 0 radical (unpaired) electrons. The van der Waals surface area contributed by atoms with Crippen LogP contribution in [0.25, 0.3) is 21.6 Å². The summed E-state index contributed by atoms with van der Waals surface area (Å²) in [7, 11) is -1.51. The smallest absolute Gasteiger partial charge is 0.381 e. The number of hydrogen-bond donors (Lipinski definition) is 2.